The first kappa shape index (κ1) is 18.1. The van der Waals surface area contributed by atoms with Crippen molar-refractivity contribution in [3.8, 4) is 5.75 Å². The molecule has 2 aromatic carbocycles. The first-order valence-corrected chi connectivity index (χ1v) is 8.58. The molecule has 0 saturated carbocycles. The lowest BCUT2D eigenvalue weighted by molar-refractivity contribution is -0.111. The van der Waals surface area contributed by atoms with Crippen LogP contribution in [0.15, 0.2) is 47.1 Å². The van der Waals surface area contributed by atoms with Gasteiger partial charge in [-0.05, 0) is 55.7 Å². The van der Waals surface area contributed by atoms with Gasteiger partial charge in [0.2, 0.25) is 5.91 Å². The number of methoxy groups -OCH3 is 1. The van der Waals surface area contributed by atoms with Crippen LogP contribution in [0.2, 0.25) is 5.02 Å². The van der Waals surface area contributed by atoms with Crippen molar-refractivity contribution >= 4 is 39.7 Å². The SMILES string of the molecule is COc1cc2occ(C)c2cc1/C(C)=C/C(=O)Nc1ccc(C)c(Cl)c1. The molecular formula is C21H20ClNO3. The van der Waals surface area contributed by atoms with Gasteiger partial charge in [-0.15, -0.1) is 0 Å². The zero-order chi connectivity index (χ0) is 18.8. The molecule has 134 valence electrons. The van der Waals surface area contributed by atoms with Crippen LogP contribution in [0.5, 0.6) is 5.75 Å². The highest BCUT2D eigenvalue weighted by Crippen LogP contribution is 2.33. The molecule has 5 heteroatoms. The molecule has 0 saturated heterocycles. The highest BCUT2D eigenvalue weighted by Gasteiger charge is 2.12. The Hall–Kier alpha value is -2.72. The van der Waals surface area contributed by atoms with Gasteiger partial charge in [-0.2, -0.15) is 0 Å². The largest absolute Gasteiger partial charge is 0.496 e. The Morgan fingerprint density at radius 3 is 2.65 bits per heavy atom. The van der Waals surface area contributed by atoms with E-state index in [1.54, 1.807) is 25.5 Å². The Balaban J connectivity index is 1.90. The molecule has 1 heterocycles. The maximum Gasteiger partial charge on any atom is 0.248 e. The summed E-state index contributed by atoms with van der Waals surface area (Å²) in [6.45, 7) is 5.77. The molecular weight excluding hydrogens is 350 g/mol. The van der Waals surface area contributed by atoms with Crippen LogP contribution in [0.3, 0.4) is 0 Å². The second-order valence-electron chi connectivity index (χ2n) is 6.25. The zero-order valence-electron chi connectivity index (χ0n) is 15.1. The molecule has 0 fully saturated rings. The number of furan rings is 1. The van der Waals surface area contributed by atoms with Crippen molar-refractivity contribution in [2.75, 3.05) is 12.4 Å². The number of ether oxygens (including phenoxy) is 1. The molecule has 0 atom stereocenters. The second kappa shape index (κ2) is 7.26. The Labute approximate surface area is 157 Å². The van der Waals surface area contributed by atoms with E-state index < -0.39 is 0 Å². The average Bonchev–Trinajstić information content (AvgIpc) is 2.97. The summed E-state index contributed by atoms with van der Waals surface area (Å²) in [4.78, 5) is 12.4. The van der Waals surface area contributed by atoms with Crippen LogP contribution >= 0.6 is 11.6 Å². The number of halogens is 1. The number of hydrogen-bond acceptors (Lipinski definition) is 3. The third-order valence-corrected chi connectivity index (χ3v) is 4.71. The van der Waals surface area contributed by atoms with Crippen molar-refractivity contribution in [1.82, 2.24) is 0 Å². The van der Waals surface area contributed by atoms with E-state index in [1.807, 2.05) is 45.0 Å². The standard InChI is InChI=1S/C21H20ClNO3/c1-12-5-6-15(8-18(12)22)23-21(24)7-13(2)16-9-17-14(3)11-26-20(17)10-19(16)25-4/h5-11H,1-4H3,(H,23,24)/b13-7+. The number of carbonyl (C=O) groups excluding carboxylic acids is 1. The van der Waals surface area contributed by atoms with Crippen LogP contribution in [0, 0.1) is 13.8 Å². The lowest BCUT2D eigenvalue weighted by Gasteiger charge is -2.10. The van der Waals surface area contributed by atoms with E-state index in [4.69, 9.17) is 20.8 Å². The molecule has 0 aliphatic rings. The van der Waals surface area contributed by atoms with E-state index in [0.717, 1.165) is 33.2 Å². The first-order valence-electron chi connectivity index (χ1n) is 8.20. The number of rotatable bonds is 4. The molecule has 26 heavy (non-hydrogen) atoms. The fourth-order valence-electron chi connectivity index (χ4n) is 2.78. The molecule has 0 bridgehead atoms. The van der Waals surface area contributed by atoms with E-state index in [0.29, 0.717) is 16.5 Å². The maximum absolute atomic E-state index is 12.4. The smallest absolute Gasteiger partial charge is 0.248 e. The normalized spacial score (nSPS) is 11.7. The molecule has 0 unspecified atom stereocenters. The molecule has 3 rings (SSSR count). The van der Waals surface area contributed by atoms with E-state index in [1.165, 1.54) is 0 Å². The van der Waals surface area contributed by atoms with Crippen LogP contribution < -0.4 is 10.1 Å². The van der Waals surface area contributed by atoms with Crippen LogP contribution in [0.4, 0.5) is 5.69 Å². The average molecular weight is 370 g/mol. The van der Waals surface area contributed by atoms with Crippen LogP contribution in [-0.2, 0) is 4.79 Å². The Bertz CT molecular complexity index is 1020. The Morgan fingerprint density at radius 2 is 1.96 bits per heavy atom. The van der Waals surface area contributed by atoms with Gasteiger partial charge in [0.25, 0.3) is 0 Å². The lowest BCUT2D eigenvalue weighted by Crippen LogP contribution is -2.08. The monoisotopic (exact) mass is 369 g/mol. The van der Waals surface area contributed by atoms with Crippen molar-refractivity contribution in [2.24, 2.45) is 0 Å². The van der Waals surface area contributed by atoms with E-state index in [9.17, 15) is 4.79 Å². The van der Waals surface area contributed by atoms with Gasteiger partial charge >= 0.3 is 0 Å². The molecule has 0 aliphatic carbocycles. The lowest BCUT2D eigenvalue weighted by atomic mass is 10.0. The molecule has 4 nitrogen and oxygen atoms in total. The van der Waals surface area contributed by atoms with Crippen molar-refractivity contribution < 1.29 is 13.9 Å². The number of fused-ring (bicyclic) bond motifs is 1. The van der Waals surface area contributed by atoms with Crippen LogP contribution in [-0.4, -0.2) is 13.0 Å². The molecule has 3 aromatic rings. The number of aryl methyl sites for hydroxylation is 2. The molecule has 1 N–H and O–H groups in total. The number of anilines is 1. The summed E-state index contributed by atoms with van der Waals surface area (Å²) in [5.74, 6) is 0.431. The minimum Gasteiger partial charge on any atom is -0.496 e. The molecule has 1 aromatic heterocycles. The summed E-state index contributed by atoms with van der Waals surface area (Å²) in [7, 11) is 1.60. The molecule has 0 radical (unpaired) electrons. The van der Waals surface area contributed by atoms with Crippen molar-refractivity contribution in [3.63, 3.8) is 0 Å². The quantitative estimate of drug-likeness (QED) is 0.595. The minimum absolute atomic E-state index is 0.228. The van der Waals surface area contributed by atoms with Crippen molar-refractivity contribution in [1.29, 1.82) is 0 Å². The van der Waals surface area contributed by atoms with E-state index in [2.05, 4.69) is 5.32 Å². The van der Waals surface area contributed by atoms with Gasteiger partial charge in [0.05, 0.1) is 13.4 Å². The molecule has 0 spiro atoms. The first-order chi connectivity index (χ1) is 12.4. The predicted molar refractivity (Wildman–Crippen MR) is 106 cm³/mol. The summed E-state index contributed by atoms with van der Waals surface area (Å²) in [5, 5.41) is 4.45. The zero-order valence-corrected chi connectivity index (χ0v) is 15.9. The van der Waals surface area contributed by atoms with Crippen LogP contribution in [0.1, 0.15) is 23.6 Å². The summed E-state index contributed by atoms with van der Waals surface area (Å²) >= 11 is 6.11. The summed E-state index contributed by atoms with van der Waals surface area (Å²) in [6.07, 6.45) is 3.26. The highest BCUT2D eigenvalue weighted by atomic mass is 35.5. The van der Waals surface area contributed by atoms with Gasteiger partial charge in [0.1, 0.15) is 11.3 Å². The fraction of sp³-hybridized carbons (Fsp3) is 0.190. The summed E-state index contributed by atoms with van der Waals surface area (Å²) < 4.78 is 11.0. The summed E-state index contributed by atoms with van der Waals surface area (Å²) in [6, 6.07) is 9.25. The number of carbonyl (C=O) groups is 1. The molecule has 0 aliphatic heterocycles. The van der Waals surface area contributed by atoms with Gasteiger partial charge in [-0.25, -0.2) is 0 Å². The van der Waals surface area contributed by atoms with Crippen LogP contribution in [0.25, 0.3) is 16.5 Å². The van der Waals surface area contributed by atoms with Gasteiger partial charge in [0, 0.05) is 33.8 Å². The molecule has 1 amide bonds. The number of amides is 1. The van der Waals surface area contributed by atoms with Crippen molar-refractivity contribution in [3.05, 3.63) is 64.4 Å². The maximum atomic E-state index is 12.4. The number of nitrogens with one attached hydrogen (secondary N) is 1. The summed E-state index contributed by atoms with van der Waals surface area (Å²) in [5.41, 5.74) is 5.06. The topological polar surface area (TPSA) is 51.5 Å². The minimum atomic E-state index is -0.228. The highest BCUT2D eigenvalue weighted by molar-refractivity contribution is 6.31. The number of benzene rings is 2. The Kier molecular flexibility index (Phi) is 5.05. The van der Waals surface area contributed by atoms with Gasteiger partial charge in [-0.1, -0.05) is 17.7 Å². The van der Waals surface area contributed by atoms with Crippen molar-refractivity contribution in [2.45, 2.75) is 20.8 Å². The van der Waals surface area contributed by atoms with Gasteiger partial charge in [-0.3, -0.25) is 4.79 Å². The Morgan fingerprint density at radius 1 is 1.19 bits per heavy atom. The fourth-order valence-corrected chi connectivity index (χ4v) is 2.96. The van der Waals surface area contributed by atoms with E-state index >= 15 is 0 Å². The van der Waals surface area contributed by atoms with Gasteiger partial charge < -0.3 is 14.5 Å². The second-order valence-corrected chi connectivity index (χ2v) is 6.66. The predicted octanol–water partition coefficient (Wildman–Crippen LogP) is 5.75. The van der Waals surface area contributed by atoms with E-state index in [-0.39, 0.29) is 5.91 Å². The third kappa shape index (κ3) is 3.60. The number of allylic oxidation sites excluding steroid dienone is 1. The third-order valence-electron chi connectivity index (χ3n) is 4.30. The van der Waals surface area contributed by atoms with Gasteiger partial charge in [0.15, 0.2) is 0 Å². The number of hydrogen-bond donors (Lipinski definition) is 1.